The Labute approximate surface area is 201 Å². The summed E-state index contributed by atoms with van der Waals surface area (Å²) in [5, 5.41) is 6.18. The number of unbranched alkanes of at least 4 members (excludes halogenated alkanes) is 2. The molecule has 8 nitrogen and oxygen atoms in total. The molecule has 0 atom stereocenters. The summed E-state index contributed by atoms with van der Waals surface area (Å²) < 4.78 is 2.47. The summed E-state index contributed by atoms with van der Waals surface area (Å²) in [5.41, 5.74) is 5.77. The number of hydrogen-bond acceptors (Lipinski definition) is 6. The van der Waals surface area contributed by atoms with Crippen LogP contribution in [0.4, 0.5) is 0 Å². The number of nitrogens with one attached hydrogen (secondary N) is 2. The number of benzene rings is 2. The Hall–Kier alpha value is -3.59. The molecular weight excluding hydrogens is 450 g/mol. The molecule has 9 heteroatoms. The lowest BCUT2D eigenvalue weighted by Gasteiger charge is -2.12. The second-order valence-corrected chi connectivity index (χ2v) is 9.18. The Morgan fingerprint density at radius 2 is 1.74 bits per heavy atom. The summed E-state index contributed by atoms with van der Waals surface area (Å²) in [7, 11) is 0. The van der Waals surface area contributed by atoms with E-state index in [0.717, 1.165) is 34.5 Å². The van der Waals surface area contributed by atoms with Gasteiger partial charge in [-0.15, -0.1) is 11.3 Å². The SMILES string of the molecule is CCCCCn1nc(C(=O)NNC(=O)CCCc2nc3ccccc3s2)c2ccccc2c1=O. The zero-order valence-corrected chi connectivity index (χ0v) is 19.9. The van der Waals surface area contributed by atoms with E-state index in [1.54, 1.807) is 35.6 Å². The third-order valence-corrected chi connectivity index (χ3v) is 6.60. The third-order valence-electron chi connectivity index (χ3n) is 5.50. The average molecular weight is 478 g/mol. The molecule has 0 aliphatic heterocycles. The first-order valence-corrected chi connectivity index (χ1v) is 12.3. The zero-order valence-electron chi connectivity index (χ0n) is 19.0. The van der Waals surface area contributed by atoms with Crippen LogP contribution in [0.15, 0.2) is 53.3 Å². The number of rotatable bonds is 9. The van der Waals surface area contributed by atoms with Gasteiger partial charge in [-0.2, -0.15) is 5.10 Å². The van der Waals surface area contributed by atoms with Crippen LogP contribution in [0.5, 0.6) is 0 Å². The van der Waals surface area contributed by atoms with Crippen LogP contribution in [-0.2, 0) is 17.8 Å². The number of hydrazine groups is 1. The second kappa shape index (κ2) is 11.0. The minimum atomic E-state index is -0.556. The van der Waals surface area contributed by atoms with Crippen molar-refractivity contribution in [2.75, 3.05) is 0 Å². The fourth-order valence-corrected chi connectivity index (χ4v) is 4.75. The Balaban J connectivity index is 1.36. The highest BCUT2D eigenvalue weighted by molar-refractivity contribution is 7.18. The van der Waals surface area contributed by atoms with Crippen LogP contribution < -0.4 is 16.4 Å². The summed E-state index contributed by atoms with van der Waals surface area (Å²) >= 11 is 1.63. The number of carbonyl (C=O) groups excluding carboxylic acids is 2. The van der Waals surface area contributed by atoms with Gasteiger partial charge in [0.25, 0.3) is 11.5 Å². The van der Waals surface area contributed by atoms with Crippen LogP contribution in [0, 0.1) is 0 Å². The van der Waals surface area contributed by atoms with E-state index in [-0.39, 0.29) is 23.6 Å². The Morgan fingerprint density at radius 3 is 2.53 bits per heavy atom. The molecule has 176 valence electrons. The van der Waals surface area contributed by atoms with Gasteiger partial charge in [0.05, 0.1) is 20.6 Å². The molecule has 4 rings (SSSR count). The summed E-state index contributed by atoms with van der Waals surface area (Å²) in [6, 6.07) is 14.8. The Morgan fingerprint density at radius 1 is 0.971 bits per heavy atom. The summed E-state index contributed by atoms with van der Waals surface area (Å²) in [5.74, 6) is -0.852. The van der Waals surface area contributed by atoms with Gasteiger partial charge in [-0.25, -0.2) is 9.67 Å². The molecular formula is C25H27N5O3S. The molecule has 0 fully saturated rings. The van der Waals surface area contributed by atoms with Crippen molar-refractivity contribution in [3.05, 3.63) is 69.6 Å². The molecule has 2 N–H and O–H groups in total. The van der Waals surface area contributed by atoms with Gasteiger partial charge < -0.3 is 0 Å². The number of aryl methyl sites for hydroxylation is 2. The topological polar surface area (TPSA) is 106 Å². The number of aromatic nitrogens is 3. The molecule has 0 bridgehead atoms. The molecule has 4 aromatic rings. The Bertz CT molecular complexity index is 1350. The number of thiazole rings is 1. The highest BCUT2D eigenvalue weighted by atomic mass is 32.1. The minimum absolute atomic E-state index is 0.112. The van der Waals surface area contributed by atoms with Gasteiger partial charge >= 0.3 is 0 Å². The van der Waals surface area contributed by atoms with E-state index in [0.29, 0.717) is 30.2 Å². The monoisotopic (exact) mass is 477 g/mol. The predicted molar refractivity (Wildman–Crippen MR) is 134 cm³/mol. The molecule has 2 aromatic heterocycles. The van der Waals surface area contributed by atoms with Gasteiger partial charge in [0.15, 0.2) is 5.69 Å². The van der Waals surface area contributed by atoms with Crippen LogP contribution >= 0.6 is 11.3 Å². The quantitative estimate of drug-likeness (QED) is 0.280. The van der Waals surface area contributed by atoms with Crippen LogP contribution in [0.1, 0.15) is 54.5 Å². The molecule has 0 unspecified atom stereocenters. The van der Waals surface area contributed by atoms with Gasteiger partial charge in [0.2, 0.25) is 5.91 Å². The van der Waals surface area contributed by atoms with Crippen molar-refractivity contribution >= 4 is 44.1 Å². The lowest BCUT2D eigenvalue weighted by molar-refractivity contribution is -0.121. The zero-order chi connectivity index (χ0) is 23.9. The van der Waals surface area contributed by atoms with E-state index in [2.05, 4.69) is 27.9 Å². The van der Waals surface area contributed by atoms with Crippen molar-refractivity contribution in [3.63, 3.8) is 0 Å². The van der Waals surface area contributed by atoms with Gasteiger partial charge in [0, 0.05) is 18.4 Å². The van der Waals surface area contributed by atoms with E-state index in [4.69, 9.17) is 0 Å². The van der Waals surface area contributed by atoms with Gasteiger partial charge in [0.1, 0.15) is 0 Å². The fraction of sp³-hybridized carbons (Fsp3) is 0.320. The molecule has 0 spiro atoms. The van der Waals surface area contributed by atoms with Crippen molar-refractivity contribution < 1.29 is 9.59 Å². The van der Waals surface area contributed by atoms with Crippen LogP contribution in [0.25, 0.3) is 21.0 Å². The number of hydrogen-bond donors (Lipinski definition) is 2. The van der Waals surface area contributed by atoms with Crippen LogP contribution in [-0.4, -0.2) is 26.6 Å². The molecule has 0 aliphatic rings. The van der Waals surface area contributed by atoms with Gasteiger partial charge in [-0.05, 0) is 37.5 Å². The molecule has 0 saturated heterocycles. The maximum absolute atomic E-state index is 12.8. The summed E-state index contributed by atoms with van der Waals surface area (Å²) in [4.78, 5) is 42.4. The normalized spacial score (nSPS) is 11.1. The van der Waals surface area contributed by atoms with Crippen molar-refractivity contribution in [3.8, 4) is 0 Å². The highest BCUT2D eigenvalue weighted by Gasteiger charge is 2.17. The minimum Gasteiger partial charge on any atom is -0.273 e. The lowest BCUT2D eigenvalue weighted by Crippen LogP contribution is -2.42. The fourth-order valence-electron chi connectivity index (χ4n) is 3.74. The van der Waals surface area contributed by atoms with Crippen LogP contribution in [0.2, 0.25) is 0 Å². The summed E-state index contributed by atoms with van der Waals surface area (Å²) in [6.45, 7) is 2.52. The smallest absolute Gasteiger partial charge is 0.273 e. The Kier molecular flexibility index (Phi) is 7.64. The second-order valence-electron chi connectivity index (χ2n) is 8.06. The number of fused-ring (bicyclic) bond motifs is 2. The van der Waals surface area contributed by atoms with Crippen molar-refractivity contribution in [2.45, 2.75) is 52.0 Å². The van der Waals surface area contributed by atoms with Crippen molar-refractivity contribution in [2.24, 2.45) is 0 Å². The van der Waals surface area contributed by atoms with Crippen molar-refractivity contribution in [1.29, 1.82) is 0 Å². The van der Waals surface area contributed by atoms with E-state index >= 15 is 0 Å². The molecule has 2 heterocycles. The maximum atomic E-state index is 12.8. The third kappa shape index (κ3) is 5.48. The number of nitrogens with zero attached hydrogens (tertiary/aromatic N) is 3. The van der Waals surface area contributed by atoms with Crippen LogP contribution in [0.3, 0.4) is 0 Å². The lowest BCUT2D eigenvalue weighted by atomic mass is 10.1. The molecule has 0 saturated carbocycles. The average Bonchev–Trinajstić information content (AvgIpc) is 3.27. The first-order valence-electron chi connectivity index (χ1n) is 11.5. The molecule has 34 heavy (non-hydrogen) atoms. The predicted octanol–water partition coefficient (Wildman–Crippen LogP) is 3.98. The molecule has 0 aliphatic carbocycles. The highest BCUT2D eigenvalue weighted by Crippen LogP contribution is 2.22. The largest absolute Gasteiger partial charge is 0.290 e. The molecule has 2 aromatic carbocycles. The number of amides is 2. The number of para-hydroxylation sites is 1. The van der Waals surface area contributed by atoms with E-state index in [1.807, 2.05) is 24.3 Å². The van der Waals surface area contributed by atoms with Gasteiger partial charge in [-0.3, -0.25) is 25.2 Å². The molecule has 2 amide bonds. The first kappa shape index (κ1) is 23.6. The number of carbonyl (C=O) groups is 2. The van der Waals surface area contributed by atoms with Crippen molar-refractivity contribution in [1.82, 2.24) is 25.6 Å². The first-order chi connectivity index (χ1) is 16.6. The maximum Gasteiger partial charge on any atom is 0.290 e. The van der Waals surface area contributed by atoms with E-state index in [9.17, 15) is 14.4 Å². The standard InChI is InChI=1S/C25H27N5O3S/c1-2-3-8-16-30-25(33)18-11-5-4-10-17(18)23(29-30)24(32)28-27-21(31)14-9-15-22-26-19-12-6-7-13-20(19)34-22/h4-7,10-13H,2-3,8-9,14-16H2,1H3,(H,27,31)(H,28,32). The van der Waals surface area contributed by atoms with E-state index in [1.165, 1.54) is 4.68 Å². The van der Waals surface area contributed by atoms with E-state index < -0.39 is 5.91 Å². The summed E-state index contributed by atoms with van der Waals surface area (Å²) in [6.07, 6.45) is 4.34. The molecule has 0 radical (unpaired) electrons. The van der Waals surface area contributed by atoms with Gasteiger partial charge in [-0.1, -0.05) is 50.1 Å².